The molecule has 0 aromatic heterocycles. The third-order valence-electron chi connectivity index (χ3n) is 1.79. The fourth-order valence-corrected chi connectivity index (χ4v) is 2.08. The van der Waals surface area contributed by atoms with Crippen LogP contribution in [-0.4, -0.2) is 12.3 Å². The monoisotopic (exact) mass is 231 g/mol. The van der Waals surface area contributed by atoms with Crippen molar-refractivity contribution in [2.45, 2.75) is 30.5 Å². The van der Waals surface area contributed by atoms with Gasteiger partial charge in [-0.1, -0.05) is 13.8 Å². The normalized spacial score (nSPS) is 11.1. The second-order valence-corrected chi connectivity index (χ2v) is 5.17. The van der Waals surface area contributed by atoms with Crippen LogP contribution in [0.1, 0.15) is 19.4 Å². The predicted molar refractivity (Wildman–Crippen MR) is 60.1 cm³/mol. The minimum Gasteiger partial charge on any atom is -0.316 e. The van der Waals surface area contributed by atoms with Crippen LogP contribution in [0.2, 0.25) is 0 Å². The van der Waals surface area contributed by atoms with Crippen LogP contribution in [0.15, 0.2) is 17.0 Å². The molecule has 0 radical (unpaired) electrons. The molecule has 15 heavy (non-hydrogen) atoms. The van der Waals surface area contributed by atoms with Crippen molar-refractivity contribution in [3.63, 3.8) is 0 Å². The summed E-state index contributed by atoms with van der Waals surface area (Å²) >= 11 is 1.21. The van der Waals surface area contributed by atoms with Crippen LogP contribution >= 0.6 is 11.8 Å². The number of benzene rings is 1. The first-order valence-corrected chi connectivity index (χ1v) is 5.71. The first-order valence-electron chi connectivity index (χ1n) is 4.83. The molecule has 4 heteroatoms. The zero-order chi connectivity index (χ0) is 11.4. The molecule has 0 unspecified atom stereocenters. The van der Waals surface area contributed by atoms with Gasteiger partial charge in [-0.15, -0.1) is 11.8 Å². The largest absolute Gasteiger partial charge is 0.316 e. The second kappa shape index (κ2) is 5.47. The molecule has 0 saturated heterocycles. The third-order valence-corrected chi connectivity index (χ3v) is 2.89. The van der Waals surface area contributed by atoms with Crippen LogP contribution in [0.5, 0.6) is 0 Å². The van der Waals surface area contributed by atoms with Crippen molar-refractivity contribution >= 4 is 11.8 Å². The van der Waals surface area contributed by atoms with Crippen LogP contribution in [0, 0.1) is 11.6 Å². The Labute approximate surface area is 93.3 Å². The van der Waals surface area contributed by atoms with E-state index in [9.17, 15) is 8.78 Å². The summed E-state index contributed by atoms with van der Waals surface area (Å²) in [5, 5.41) is 3.03. The first-order chi connectivity index (χ1) is 7.04. The van der Waals surface area contributed by atoms with E-state index < -0.39 is 11.6 Å². The smallest absolute Gasteiger partial charge is 0.140 e. The molecule has 1 N–H and O–H groups in total. The van der Waals surface area contributed by atoms with Gasteiger partial charge < -0.3 is 5.32 Å². The highest BCUT2D eigenvalue weighted by molar-refractivity contribution is 7.99. The van der Waals surface area contributed by atoms with Gasteiger partial charge in [0.2, 0.25) is 0 Å². The maximum Gasteiger partial charge on any atom is 0.140 e. The van der Waals surface area contributed by atoms with E-state index in [-0.39, 0.29) is 10.1 Å². The van der Waals surface area contributed by atoms with Gasteiger partial charge in [0.1, 0.15) is 11.6 Å². The van der Waals surface area contributed by atoms with Gasteiger partial charge in [-0.2, -0.15) is 0 Å². The summed E-state index contributed by atoms with van der Waals surface area (Å²) in [6, 6.07) is 2.76. The van der Waals surface area contributed by atoms with E-state index in [1.54, 1.807) is 7.05 Å². The topological polar surface area (TPSA) is 12.0 Å². The SMILES string of the molecule is CNCc1cc(F)c(SC(C)C)c(F)c1. The number of thioether (sulfide) groups is 1. The molecular weight excluding hydrogens is 216 g/mol. The highest BCUT2D eigenvalue weighted by Gasteiger charge is 2.12. The third kappa shape index (κ3) is 3.47. The Morgan fingerprint density at radius 3 is 2.20 bits per heavy atom. The Kier molecular flexibility index (Phi) is 4.54. The van der Waals surface area contributed by atoms with Gasteiger partial charge in [0, 0.05) is 11.8 Å². The van der Waals surface area contributed by atoms with Crippen molar-refractivity contribution in [3.8, 4) is 0 Å². The lowest BCUT2D eigenvalue weighted by molar-refractivity contribution is 0.535. The molecule has 0 aliphatic rings. The van der Waals surface area contributed by atoms with E-state index in [4.69, 9.17) is 0 Å². The molecule has 1 rings (SSSR count). The van der Waals surface area contributed by atoms with Crippen molar-refractivity contribution < 1.29 is 8.78 Å². The summed E-state index contributed by atoms with van der Waals surface area (Å²) in [6.45, 7) is 4.29. The lowest BCUT2D eigenvalue weighted by Gasteiger charge is -2.09. The zero-order valence-corrected chi connectivity index (χ0v) is 9.92. The molecule has 1 aromatic carbocycles. The van der Waals surface area contributed by atoms with Gasteiger partial charge in [-0.3, -0.25) is 0 Å². The lowest BCUT2D eigenvalue weighted by atomic mass is 10.2. The fraction of sp³-hybridized carbons (Fsp3) is 0.455. The molecule has 1 nitrogen and oxygen atoms in total. The quantitative estimate of drug-likeness (QED) is 0.799. The minimum absolute atomic E-state index is 0.116. The summed E-state index contributed by atoms with van der Waals surface area (Å²) < 4.78 is 27.0. The fourth-order valence-electron chi connectivity index (χ4n) is 1.27. The van der Waals surface area contributed by atoms with Crippen LogP contribution < -0.4 is 5.32 Å². The minimum atomic E-state index is -0.473. The van der Waals surface area contributed by atoms with Crippen LogP contribution in [0.25, 0.3) is 0 Å². The highest BCUT2D eigenvalue weighted by atomic mass is 32.2. The van der Waals surface area contributed by atoms with Crippen LogP contribution in [0.3, 0.4) is 0 Å². The summed E-state index contributed by atoms with van der Waals surface area (Å²) in [5.74, 6) is -0.946. The Bertz CT molecular complexity index is 316. The van der Waals surface area contributed by atoms with Gasteiger partial charge in [-0.25, -0.2) is 8.78 Å². The average Bonchev–Trinajstić information content (AvgIpc) is 2.11. The molecule has 0 bridgehead atoms. The standard InChI is InChI=1S/C11H15F2NS/c1-7(2)15-11-9(12)4-8(6-14-3)5-10(11)13/h4-5,7,14H,6H2,1-3H3. The Balaban J connectivity index is 2.98. The molecule has 0 aliphatic carbocycles. The van der Waals surface area contributed by atoms with Crippen molar-refractivity contribution in [3.05, 3.63) is 29.3 Å². The van der Waals surface area contributed by atoms with E-state index in [1.807, 2.05) is 13.8 Å². The highest BCUT2D eigenvalue weighted by Crippen LogP contribution is 2.29. The van der Waals surface area contributed by atoms with Crippen LogP contribution in [0.4, 0.5) is 8.78 Å². The van der Waals surface area contributed by atoms with E-state index in [2.05, 4.69) is 5.32 Å². The van der Waals surface area contributed by atoms with Crippen LogP contribution in [-0.2, 0) is 6.54 Å². The first kappa shape index (κ1) is 12.5. The predicted octanol–water partition coefficient (Wildman–Crippen LogP) is 3.18. The Hall–Kier alpha value is -0.610. The van der Waals surface area contributed by atoms with Crippen molar-refractivity contribution in [2.24, 2.45) is 0 Å². The molecule has 0 heterocycles. The van der Waals surface area contributed by atoms with Gasteiger partial charge in [-0.05, 0) is 24.7 Å². The number of hydrogen-bond donors (Lipinski definition) is 1. The van der Waals surface area contributed by atoms with E-state index in [1.165, 1.54) is 23.9 Å². The molecule has 84 valence electrons. The summed E-state index contributed by atoms with van der Waals surface area (Å²) in [5.41, 5.74) is 0.626. The van der Waals surface area contributed by atoms with E-state index >= 15 is 0 Å². The van der Waals surface area contributed by atoms with Gasteiger partial charge in [0.15, 0.2) is 0 Å². The number of rotatable bonds is 4. The molecule has 0 fully saturated rings. The van der Waals surface area contributed by atoms with Crippen molar-refractivity contribution in [1.82, 2.24) is 5.32 Å². The van der Waals surface area contributed by atoms with Crippen molar-refractivity contribution in [2.75, 3.05) is 7.05 Å². The zero-order valence-electron chi connectivity index (χ0n) is 9.10. The summed E-state index contributed by atoms with van der Waals surface area (Å²) in [7, 11) is 1.74. The molecule has 0 aliphatic heterocycles. The molecule has 0 amide bonds. The summed E-state index contributed by atoms with van der Waals surface area (Å²) in [6.07, 6.45) is 0. The Morgan fingerprint density at radius 1 is 1.27 bits per heavy atom. The molecular formula is C11H15F2NS. The maximum atomic E-state index is 13.5. The van der Waals surface area contributed by atoms with E-state index in [0.717, 1.165) is 0 Å². The maximum absolute atomic E-state index is 13.5. The number of nitrogens with one attached hydrogen (secondary N) is 1. The van der Waals surface area contributed by atoms with E-state index in [0.29, 0.717) is 12.1 Å². The van der Waals surface area contributed by atoms with Crippen molar-refractivity contribution in [1.29, 1.82) is 0 Å². The average molecular weight is 231 g/mol. The lowest BCUT2D eigenvalue weighted by Crippen LogP contribution is -2.06. The second-order valence-electron chi connectivity index (χ2n) is 3.59. The molecule has 0 atom stereocenters. The number of halogens is 2. The molecule has 1 aromatic rings. The summed E-state index contributed by atoms with van der Waals surface area (Å²) in [4.78, 5) is 0.116. The molecule has 0 saturated carbocycles. The van der Waals surface area contributed by atoms with Gasteiger partial charge in [0.25, 0.3) is 0 Å². The Morgan fingerprint density at radius 2 is 1.80 bits per heavy atom. The molecule has 0 spiro atoms. The van der Waals surface area contributed by atoms with Gasteiger partial charge >= 0.3 is 0 Å². The van der Waals surface area contributed by atoms with Gasteiger partial charge in [0.05, 0.1) is 4.90 Å². The number of hydrogen-bond acceptors (Lipinski definition) is 2.